The average Bonchev–Trinajstić information content (AvgIpc) is 3.11. The first-order valence-electron chi connectivity index (χ1n) is 10.3. The highest BCUT2D eigenvalue weighted by molar-refractivity contribution is 7.07. The van der Waals surface area contributed by atoms with Gasteiger partial charge in [0.1, 0.15) is 10.7 Å². The van der Waals surface area contributed by atoms with E-state index in [9.17, 15) is 14.9 Å². The van der Waals surface area contributed by atoms with Gasteiger partial charge in [-0.2, -0.15) is 5.26 Å². The SMILES string of the molecule is CCc1ccc(/C=c2\s/c(=C(/C#N)C(=O)NCCOC)n(-c3ccccc3C)c2=O)cc1. The molecule has 0 unspecified atom stereocenters. The number of nitrogens with one attached hydrogen (secondary N) is 1. The summed E-state index contributed by atoms with van der Waals surface area (Å²) in [6.45, 7) is 4.57. The smallest absolute Gasteiger partial charge is 0.273 e. The van der Waals surface area contributed by atoms with Crippen LogP contribution >= 0.6 is 11.3 Å². The number of aromatic nitrogens is 1. The number of amides is 1. The summed E-state index contributed by atoms with van der Waals surface area (Å²) in [7, 11) is 1.53. The van der Waals surface area contributed by atoms with Gasteiger partial charge in [-0.25, -0.2) is 0 Å². The minimum absolute atomic E-state index is 0.104. The van der Waals surface area contributed by atoms with Crippen LogP contribution < -0.4 is 20.1 Å². The monoisotopic (exact) mass is 447 g/mol. The number of benzene rings is 2. The molecule has 0 spiro atoms. The highest BCUT2D eigenvalue weighted by Gasteiger charge is 2.17. The zero-order valence-corrected chi connectivity index (χ0v) is 19.2. The maximum Gasteiger partial charge on any atom is 0.273 e. The summed E-state index contributed by atoms with van der Waals surface area (Å²) >= 11 is 1.14. The molecule has 0 aliphatic carbocycles. The van der Waals surface area contributed by atoms with Gasteiger partial charge in [0.2, 0.25) is 0 Å². The number of ether oxygens (including phenoxy) is 1. The van der Waals surface area contributed by atoms with Crippen molar-refractivity contribution in [2.75, 3.05) is 20.3 Å². The Morgan fingerprint density at radius 2 is 1.94 bits per heavy atom. The standard InChI is InChI=1S/C25H25N3O3S/c1-4-18-9-11-19(12-10-18)15-22-24(30)28(21-8-6-5-7-17(21)2)25(32-22)20(16-26)23(29)27-13-14-31-3/h5-12,15H,4,13-14H2,1-3H3,(H,27,29)/b22-15-,25-20-. The van der Waals surface area contributed by atoms with E-state index in [1.54, 1.807) is 6.08 Å². The molecular formula is C25H25N3O3S. The molecule has 164 valence electrons. The molecular weight excluding hydrogens is 422 g/mol. The summed E-state index contributed by atoms with van der Waals surface area (Å²) in [6, 6.07) is 17.4. The van der Waals surface area contributed by atoms with Crippen LogP contribution in [0.3, 0.4) is 0 Å². The van der Waals surface area contributed by atoms with Gasteiger partial charge in [0.25, 0.3) is 11.5 Å². The van der Waals surface area contributed by atoms with E-state index in [0.717, 1.165) is 28.9 Å². The summed E-state index contributed by atoms with van der Waals surface area (Å²) in [6.07, 6.45) is 2.73. The van der Waals surface area contributed by atoms with Crippen molar-refractivity contribution in [1.82, 2.24) is 9.88 Å². The van der Waals surface area contributed by atoms with Crippen molar-refractivity contribution in [3.05, 3.63) is 84.8 Å². The average molecular weight is 448 g/mol. The second-order valence-electron chi connectivity index (χ2n) is 7.17. The number of nitrogens with zero attached hydrogens (tertiary/aromatic N) is 2. The van der Waals surface area contributed by atoms with Crippen molar-refractivity contribution in [2.45, 2.75) is 20.3 Å². The molecule has 0 aliphatic rings. The summed E-state index contributed by atoms with van der Waals surface area (Å²) in [5.41, 5.74) is 3.22. The van der Waals surface area contributed by atoms with Crippen LogP contribution in [0.25, 0.3) is 17.3 Å². The first-order chi connectivity index (χ1) is 15.5. The van der Waals surface area contributed by atoms with Gasteiger partial charge in [0.05, 0.1) is 16.8 Å². The summed E-state index contributed by atoms with van der Waals surface area (Å²) in [5, 5.41) is 12.5. The highest BCUT2D eigenvalue weighted by atomic mass is 32.1. The second kappa shape index (κ2) is 10.7. The van der Waals surface area contributed by atoms with Crippen molar-refractivity contribution in [3.8, 4) is 11.8 Å². The Kier molecular flexibility index (Phi) is 7.77. The topological polar surface area (TPSA) is 84.1 Å². The molecule has 3 aromatic rings. The first-order valence-corrected chi connectivity index (χ1v) is 11.1. The number of carbonyl (C=O) groups is 1. The van der Waals surface area contributed by atoms with Crippen molar-refractivity contribution >= 4 is 28.9 Å². The molecule has 32 heavy (non-hydrogen) atoms. The lowest BCUT2D eigenvalue weighted by atomic mass is 10.1. The lowest BCUT2D eigenvalue weighted by Crippen LogP contribution is -2.35. The largest absolute Gasteiger partial charge is 0.383 e. The first kappa shape index (κ1) is 23.2. The van der Waals surface area contributed by atoms with Gasteiger partial charge >= 0.3 is 0 Å². The van der Waals surface area contributed by atoms with Gasteiger partial charge in [-0.05, 0) is 42.2 Å². The van der Waals surface area contributed by atoms with Gasteiger partial charge in [0, 0.05) is 13.7 Å². The van der Waals surface area contributed by atoms with Crippen LogP contribution in [0.15, 0.2) is 53.3 Å². The molecule has 0 aliphatic heterocycles. The Labute approximate surface area is 190 Å². The number of thiazole rings is 1. The lowest BCUT2D eigenvalue weighted by Gasteiger charge is -2.07. The van der Waals surface area contributed by atoms with E-state index in [0.29, 0.717) is 21.5 Å². The fourth-order valence-electron chi connectivity index (χ4n) is 3.23. The molecule has 2 aromatic carbocycles. The number of hydrogen-bond acceptors (Lipinski definition) is 5. The molecule has 6 nitrogen and oxygen atoms in total. The van der Waals surface area contributed by atoms with E-state index in [1.807, 2.05) is 61.5 Å². The normalized spacial score (nSPS) is 12.4. The fourth-order valence-corrected chi connectivity index (χ4v) is 4.33. The van der Waals surface area contributed by atoms with Crippen LogP contribution in [0.4, 0.5) is 0 Å². The quantitative estimate of drug-likeness (QED) is 0.562. The second-order valence-corrected chi connectivity index (χ2v) is 8.20. The number of methoxy groups -OCH3 is 1. The fraction of sp³-hybridized carbons (Fsp3) is 0.240. The summed E-state index contributed by atoms with van der Waals surface area (Å²) < 4.78 is 7.17. The third-order valence-corrected chi connectivity index (χ3v) is 6.10. The van der Waals surface area contributed by atoms with E-state index in [2.05, 4.69) is 12.2 Å². The molecule has 0 saturated heterocycles. The Hall–Kier alpha value is -3.47. The number of rotatable bonds is 7. The van der Waals surface area contributed by atoms with Crippen LogP contribution in [0.2, 0.25) is 0 Å². The summed E-state index contributed by atoms with van der Waals surface area (Å²) in [5.74, 6) is -0.535. The minimum Gasteiger partial charge on any atom is -0.383 e. The molecule has 0 fully saturated rings. The van der Waals surface area contributed by atoms with Crippen LogP contribution in [0.1, 0.15) is 23.6 Å². The molecule has 1 aromatic heterocycles. The van der Waals surface area contributed by atoms with Crippen molar-refractivity contribution in [3.63, 3.8) is 0 Å². The number of para-hydroxylation sites is 1. The number of carbonyl (C=O) groups excluding carboxylic acids is 1. The molecule has 0 bridgehead atoms. The minimum atomic E-state index is -0.535. The number of nitriles is 1. The third kappa shape index (κ3) is 5.05. The van der Waals surface area contributed by atoms with Gasteiger partial charge in [0.15, 0.2) is 5.57 Å². The van der Waals surface area contributed by atoms with Crippen molar-refractivity contribution < 1.29 is 9.53 Å². The predicted molar refractivity (Wildman–Crippen MR) is 127 cm³/mol. The zero-order chi connectivity index (χ0) is 23.1. The Balaban J connectivity index is 2.28. The lowest BCUT2D eigenvalue weighted by molar-refractivity contribution is -0.115. The molecule has 0 radical (unpaired) electrons. The molecule has 7 heteroatoms. The van der Waals surface area contributed by atoms with Gasteiger partial charge in [-0.15, -0.1) is 11.3 Å². The maximum absolute atomic E-state index is 13.4. The number of hydrogen-bond donors (Lipinski definition) is 1. The molecule has 1 N–H and O–H groups in total. The van der Waals surface area contributed by atoms with E-state index < -0.39 is 5.91 Å². The van der Waals surface area contributed by atoms with Gasteiger partial charge in [-0.3, -0.25) is 14.2 Å². The van der Waals surface area contributed by atoms with Gasteiger partial charge in [-0.1, -0.05) is 49.4 Å². The molecule has 3 rings (SSSR count). The molecule has 0 atom stereocenters. The van der Waals surface area contributed by atoms with Crippen LogP contribution in [-0.2, 0) is 16.0 Å². The van der Waals surface area contributed by atoms with Crippen LogP contribution in [0.5, 0.6) is 0 Å². The molecule has 1 heterocycles. The van der Waals surface area contributed by atoms with Crippen LogP contribution in [0, 0.1) is 18.3 Å². The number of aryl methyl sites for hydroxylation is 2. The Morgan fingerprint density at radius 3 is 2.56 bits per heavy atom. The predicted octanol–water partition coefficient (Wildman–Crippen LogP) is 2.04. The van der Waals surface area contributed by atoms with Crippen LogP contribution in [-0.4, -0.2) is 30.7 Å². The third-order valence-electron chi connectivity index (χ3n) is 5.01. The van der Waals surface area contributed by atoms with E-state index in [4.69, 9.17) is 4.74 Å². The van der Waals surface area contributed by atoms with Crippen molar-refractivity contribution in [1.29, 1.82) is 5.26 Å². The molecule has 1 amide bonds. The van der Waals surface area contributed by atoms with E-state index in [1.165, 1.54) is 17.2 Å². The Bertz CT molecular complexity index is 1330. The molecule has 0 saturated carbocycles. The highest BCUT2D eigenvalue weighted by Crippen LogP contribution is 2.11. The van der Waals surface area contributed by atoms with E-state index in [-0.39, 0.29) is 17.7 Å². The Morgan fingerprint density at radius 1 is 1.22 bits per heavy atom. The summed E-state index contributed by atoms with van der Waals surface area (Å²) in [4.78, 5) is 26.2. The van der Waals surface area contributed by atoms with Crippen molar-refractivity contribution in [2.24, 2.45) is 0 Å². The maximum atomic E-state index is 13.4. The van der Waals surface area contributed by atoms with Gasteiger partial charge < -0.3 is 10.1 Å². The zero-order valence-electron chi connectivity index (χ0n) is 18.3. The van der Waals surface area contributed by atoms with E-state index >= 15 is 0 Å².